The Hall–Kier alpha value is -1.53. The summed E-state index contributed by atoms with van der Waals surface area (Å²) in [5, 5.41) is 6.20. The fraction of sp³-hybridized carbons (Fsp3) is 0.333. The average molecular weight is 298 g/mol. The number of nitrogens with one attached hydrogen (secondary N) is 2. The lowest BCUT2D eigenvalue weighted by Crippen LogP contribution is -2.28. The van der Waals surface area contributed by atoms with Gasteiger partial charge in [0, 0.05) is 36.4 Å². The first kappa shape index (κ1) is 13.9. The molecule has 0 unspecified atom stereocenters. The zero-order valence-electron chi connectivity index (χ0n) is 10.8. The number of hydrogen-bond acceptors (Lipinski definition) is 5. The summed E-state index contributed by atoms with van der Waals surface area (Å²) in [7, 11) is 2.03. The lowest BCUT2D eigenvalue weighted by atomic mass is 10.2. The molecular formula is C12H16ClN5S. The summed E-state index contributed by atoms with van der Waals surface area (Å²) in [6.07, 6.45) is 1.98. The molecule has 0 amide bonds. The topological polar surface area (TPSA) is 56.3 Å². The highest BCUT2D eigenvalue weighted by Gasteiger charge is 2.14. The number of hydrogen-bond donors (Lipinski definition) is 2. The molecule has 0 radical (unpaired) electrons. The fourth-order valence-corrected chi connectivity index (χ4v) is 2.60. The minimum atomic E-state index is 0. The molecule has 1 aliphatic rings. The van der Waals surface area contributed by atoms with Crippen molar-refractivity contribution in [3.8, 4) is 11.3 Å². The van der Waals surface area contributed by atoms with E-state index in [9.17, 15) is 0 Å². The summed E-state index contributed by atoms with van der Waals surface area (Å²) >= 11 is 1.60. The number of anilines is 1. The van der Waals surface area contributed by atoms with Gasteiger partial charge in [-0.1, -0.05) is 0 Å². The van der Waals surface area contributed by atoms with Crippen LogP contribution in [0.1, 0.15) is 5.69 Å². The highest BCUT2D eigenvalue weighted by molar-refractivity contribution is 7.14. The highest BCUT2D eigenvalue weighted by Crippen LogP contribution is 2.25. The van der Waals surface area contributed by atoms with Gasteiger partial charge in [0.1, 0.15) is 0 Å². The Labute approximate surface area is 122 Å². The maximum absolute atomic E-state index is 4.57. The number of H-pyrrole nitrogens is 1. The van der Waals surface area contributed by atoms with E-state index in [2.05, 4.69) is 36.6 Å². The number of guanidine groups is 1. The quantitative estimate of drug-likeness (QED) is 0.896. The zero-order valence-corrected chi connectivity index (χ0v) is 12.4. The lowest BCUT2D eigenvalue weighted by molar-refractivity contribution is 0.555. The molecule has 5 nitrogen and oxygen atoms in total. The molecule has 2 N–H and O–H groups in total. The van der Waals surface area contributed by atoms with Gasteiger partial charge in [-0.25, -0.2) is 4.98 Å². The van der Waals surface area contributed by atoms with Crippen LogP contribution in [0.15, 0.2) is 22.6 Å². The molecular weight excluding hydrogens is 282 g/mol. The van der Waals surface area contributed by atoms with E-state index in [0.717, 1.165) is 41.1 Å². The van der Waals surface area contributed by atoms with E-state index in [1.54, 1.807) is 11.3 Å². The summed E-state index contributed by atoms with van der Waals surface area (Å²) in [5.41, 5.74) is 3.26. The number of aromatic amines is 1. The highest BCUT2D eigenvalue weighted by atomic mass is 35.5. The van der Waals surface area contributed by atoms with E-state index >= 15 is 0 Å². The maximum atomic E-state index is 4.57. The molecule has 2 aromatic heterocycles. The van der Waals surface area contributed by atoms with Crippen molar-refractivity contribution in [2.45, 2.75) is 6.92 Å². The van der Waals surface area contributed by atoms with Crippen LogP contribution in [0, 0.1) is 6.92 Å². The van der Waals surface area contributed by atoms with Crippen molar-refractivity contribution in [1.29, 1.82) is 0 Å². The predicted octanol–water partition coefficient (Wildman–Crippen LogP) is 2.58. The van der Waals surface area contributed by atoms with Gasteiger partial charge in [-0.15, -0.1) is 23.7 Å². The Morgan fingerprint density at radius 1 is 1.47 bits per heavy atom. The molecule has 0 saturated carbocycles. The first-order valence-corrected chi connectivity index (χ1v) is 6.74. The second kappa shape index (κ2) is 5.63. The maximum Gasteiger partial charge on any atom is 0.200 e. The van der Waals surface area contributed by atoms with Gasteiger partial charge < -0.3 is 15.2 Å². The van der Waals surface area contributed by atoms with Crippen molar-refractivity contribution < 1.29 is 0 Å². The fourth-order valence-electron chi connectivity index (χ4n) is 1.88. The molecule has 3 heterocycles. The molecule has 0 aliphatic carbocycles. The van der Waals surface area contributed by atoms with Gasteiger partial charge in [0.15, 0.2) is 11.1 Å². The number of likely N-dealkylation sites (N-methyl/N-ethyl adjacent to an activating group) is 1. The molecule has 0 saturated heterocycles. The number of aliphatic imine (C=N–C) groups is 1. The molecule has 7 heteroatoms. The second-order valence-electron chi connectivity index (χ2n) is 4.36. The van der Waals surface area contributed by atoms with Gasteiger partial charge in [0.25, 0.3) is 0 Å². The molecule has 0 atom stereocenters. The Bertz CT molecular complexity index is 588. The van der Waals surface area contributed by atoms with Gasteiger partial charge in [0.2, 0.25) is 0 Å². The van der Waals surface area contributed by atoms with E-state index in [1.165, 1.54) is 0 Å². The van der Waals surface area contributed by atoms with Crippen molar-refractivity contribution in [3.05, 3.63) is 23.3 Å². The Kier molecular flexibility index (Phi) is 4.11. The van der Waals surface area contributed by atoms with E-state index in [-0.39, 0.29) is 12.4 Å². The van der Waals surface area contributed by atoms with Crippen molar-refractivity contribution in [3.63, 3.8) is 0 Å². The van der Waals surface area contributed by atoms with E-state index in [0.29, 0.717) is 0 Å². The summed E-state index contributed by atoms with van der Waals surface area (Å²) in [6.45, 7) is 3.86. The normalized spacial score (nSPS) is 14.2. The van der Waals surface area contributed by atoms with Crippen LogP contribution in [0.4, 0.5) is 5.13 Å². The largest absolute Gasteiger partial charge is 0.365 e. The van der Waals surface area contributed by atoms with Crippen LogP contribution in [0.3, 0.4) is 0 Å². The number of nitrogens with zero attached hydrogens (tertiary/aromatic N) is 3. The van der Waals surface area contributed by atoms with Gasteiger partial charge in [-0.2, -0.15) is 0 Å². The Morgan fingerprint density at radius 2 is 2.32 bits per heavy atom. The molecule has 0 fully saturated rings. The average Bonchev–Trinajstić information content (AvgIpc) is 3.03. The van der Waals surface area contributed by atoms with Gasteiger partial charge >= 0.3 is 0 Å². The number of thiazole rings is 1. The van der Waals surface area contributed by atoms with Crippen LogP contribution in [-0.4, -0.2) is 41.0 Å². The van der Waals surface area contributed by atoms with Crippen LogP contribution < -0.4 is 5.32 Å². The molecule has 102 valence electrons. The monoisotopic (exact) mass is 297 g/mol. The van der Waals surface area contributed by atoms with Crippen LogP contribution in [0.25, 0.3) is 11.3 Å². The zero-order chi connectivity index (χ0) is 12.5. The van der Waals surface area contributed by atoms with E-state index < -0.39 is 0 Å². The molecule has 2 aromatic rings. The lowest BCUT2D eigenvalue weighted by Gasteiger charge is -2.12. The Morgan fingerprint density at radius 3 is 2.95 bits per heavy atom. The number of rotatable bonds is 2. The predicted molar refractivity (Wildman–Crippen MR) is 82.4 cm³/mol. The van der Waals surface area contributed by atoms with Gasteiger partial charge in [-0.3, -0.25) is 4.99 Å². The standard InChI is InChI=1S/C12H15N5S.ClH/c1-8-5-9(6-14-8)10-7-18-12(15-10)16-11-13-3-4-17(11)2;/h5-7,14H,3-4H2,1-2H3,(H,13,15,16);1H. The summed E-state index contributed by atoms with van der Waals surface area (Å²) < 4.78 is 0. The smallest absolute Gasteiger partial charge is 0.200 e. The minimum absolute atomic E-state index is 0. The SMILES string of the molecule is Cc1cc(-c2csc(NC3=NCCN3C)n2)c[nH]1.Cl. The Balaban J connectivity index is 0.00000133. The molecule has 19 heavy (non-hydrogen) atoms. The van der Waals surface area contributed by atoms with Crippen molar-refractivity contribution >= 4 is 34.8 Å². The summed E-state index contributed by atoms with van der Waals surface area (Å²) in [4.78, 5) is 14.2. The van der Waals surface area contributed by atoms with Gasteiger partial charge in [0.05, 0.1) is 12.2 Å². The molecule has 3 rings (SSSR count). The van der Waals surface area contributed by atoms with Crippen molar-refractivity contribution in [2.75, 3.05) is 25.5 Å². The summed E-state index contributed by atoms with van der Waals surface area (Å²) in [6, 6.07) is 2.10. The minimum Gasteiger partial charge on any atom is -0.365 e. The van der Waals surface area contributed by atoms with E-state index in [1.807, 2.05) is 20.2 Å². The number of halogens is 1. The van der Waals surface area contributed by atoms with E-state index in [4.69, 9.17) is 0 Å². The third kappa shape index (κ3) is 2.90. The van der Waals surface area contributed by atoms with Crippen molar-refractivity contribution in [1.82, 2.24) is 14.9 Å². The molecule has 0 aromatic carbocycles. The van der Waals surface area contributed by atoms with Crippen LogP contribution in [-0.2, 0) is 0 Å². The first-order chi connectivity index (χ1) is 8.72. The molecule has 1 aliphatic heterocycles. The number of aryl methyl sites for hydroxylation is 1. The van der Waals surface area contributed by atoms with Gasteiger partial charge in [-0.05, 0) is 13.0 Å². The van der Waals surface area contributed by atoms with Crippen LogP contribution >= 0.6 is 23.7 Å². The third-order valence-corrected chi connectivity index (χ3v) is 3.66. The second-order valence-corrected chi connectivity index (χ2v) is 5.22. The number of aromatic nitrogens is 2. The molecule has 0 bridgehead atoms. The van der Waals surface area contributed by atoms with Crippen LogP contribution in [0.5, 0.6) is 0 Å². The first-order valence-electron chi connectivity index (χ1n) is 5.86. The van der Waals surface area contributed by atoms with Crippen LogP contribution in [0.2, 0.25) is 0 Å². The third-order valence-electron chi connectivity index (χ3n) is 2.90. The molecule has 0 spiro atoms. The summed E-state index contributed by atoms with van der Waals surface area (Å²) in [5.74, 6) is 0.904. The van der Waals surface area contributed by atoms with Crippen molar-refractivity contribution in [2.24, 2.45) is 4.99 Å².